The number of rotatable bonds is 4. The van der Waals surface area contributed by atoms with Gasteiger partial charge in [0.15, 0.2) is 29.2 Å². The minimum Gasteiger partial charge on any atom is -0.376 e. The van der Waals surface area contributed by atoms with E-state index in [1.807, 2.05) is 0 Å². The number of aliphatic hydroxyl groups is 3. The molecule has 1 aliphatic heterocycles. The molecule has 0 aromatic rings. The number of ether oxygens (including phenoxy) is 2. The maximum absolute atomic E-state index is 12.0. The third kappa shape index (κ3) is 1.91. The molecule has 0 aromatic carbocycles. The van der Waals surface area contributed by atoms with Crippen molar-refractivity contribution in [1.29, 1.82) is 0 Å². The maximum atomic E-state index is 12.0. The standard InChI is InChI=1S/C13H20O8/c1-6(14)11(17)9(4)21-10(20-5)12(18,7(2)15)13(11,19)8(3)16/h9-10,17-19H,1-5H3/t9-,10+,11-,12-,13+/m1/s1. The van der Waals surface area contributed by atoms with Crippen LogP contribution in [0.15, 0.2) is 0 Å². The van der Waals surface area contributed by atoms with Crippen molar-refractivity contribution in [2.75, 3.05) is 7.11 Å². The molecule has 3 N–H and O–H groups in total. The zero-order valence-corrected chi connectivity index (χ0v) is 12.5. The van der Waals surface area contributed by atoms with Gasteiger partial charge in [0.1, 0.15) is 0 Å². The average molecular weight is 304 g/mol. The highest BCUT2D eigenvalue weighted by molar-refractivity contribution is 6.05. The van der Waals surface area contributed by atoms with Crippen molar-refractivity contribution in [2.45, 2.75) is 56.9 Å². The first kappa shape index (κ1) is 17.9. The van der Waals surface area contributed by atoms with Crippen LogP contribution in [0, 0.1) is 0 Å². The van der Waals surface area contributed by atoms with Crippen molar-refractivity contribution in [3.05, 3.63) is 0 Å². The molecular weight excluding hydrogens is 284 g/mol. The van der Waals surface area contributed by atoms with Crippen molar-refractivity contribution in [2.24, 2.45) is 0 Å². The van der Waals surface area contributed by atoms with Crippen LogP contribution < -0.4 is 0 Å². The van der Waals surface area contributed by atoms with E-state index in [2.05, 4.69) is 0 Å². The molecule has 0 radical (unpaired) electrons. The summed E-state index contributed by atoms with van der Waals surface area (Å²) in [6, 6.07) is 0. The molecule has 1 aliphatic rings. The number of methoxy groups -OCH3 is 1. The van der Waals surface area contributed by atoms with E-state index in [0.717, 1.165) is 27.9 Å². The normalized spacial score (nSPS) is 43.4. The van der Waals surface area contributed by atoms with Crippen LogP contribution >= 0.6 is 0 Å². The number of Topliss-reactive ketones (excluding diaryl/α,β-unsaturated/α-hetero) is 3. The SMILES string of the molecule is CO[C@H]1O[C@H](C)[C@](O)(C(C)=O)[C@@](O)(C(C)=O)[C@@]1(O)C(C)=O. The molecule has 0 unspecified atom stereocenters. The number of carbonyl (C=O) groups is 3. The second-order valence-corrected chi connectivity index (χ2v) is 5.26. The van der Waals surface area contributed by atoms with Crippen LogP contribution in [0.5, 0.6) is 0 Å². The molecule has 120 valence electrons. The Hall–Kier alpha value is -1.19. The summed E-state index contributed by atoms with van der Waals surface area (Å²) in [5, 5.41) is 32.0. The second kappa shape index (κ2) is 5.22. The van der Waals surface area contributed by atoms with E-state index in [-0.39, 0.29) is 0 Å². The lowest BCUT2D eigenvalue weighted by molar-refractivity contribution is -0.358. The molecule has 1 saturated heterocycles. The van der Waals surface area contributed by atoms with E-state index in [4.69, 9.17) is 9.47 Å². The van der Waals surface area contributed by atoms with E-state index >= 15 is 0 Å². The summed E-state index contributed by atoms with van der Waals surface area (Å²) in [6.07, 6.45) is -3.12. The Morgan fingerprint density at radius 2 is 1.38 bits per heavy atom. The molecule has 1 heterocycles. The minimum absolute atomic E-state index is 0.854. The van der Waals surface area contributed by atoms with Gasteiger partial charge in [0.05, 0.1) is 6.10 Å². The van der Waals surface area contributed by atoms with Gasteiger partial charge < -0.3 is 24.8 Å². The van der Waals surface area contributed by atoms with Crippen molar-refractivity contribution in [1.82, 2.24) is 0 Å². The van der Waals surface area contributed by atoms with Gasteiger partial charge in [-0.15, -0.1) is 0 Å². The third-order valence-corrected chi connectivity index (χ3v) is 4.16. The fourth-order valence-corrected chi connectivity index (χ4v) is 2.86. The summed E-state index contributed by atoms with van der Waals surface area (Å²) in [6.45, 7) is 3.88. The molecule has 0 aromatic heterocycles. The van der Waals surface area contributed by atoms with Gasteiger partial charge >= 0.3 is 0 Å². The molecule has 0 bridgehead atoms. The Labute approximate surface area is 121 Å². The first-order valence-electron chi connectivity index (χ1n) is 6.30. The summed E-state index contributed by atoms with van der Waals surface area (Å²) in [5.41, 5.74) is -8.83. The first-order chi connectivity index (χ1) is 9.42. The Balaban J connectivity index is 3.78. The first-order valence-corrected chi connectivity index (χ1v) is 6.30. The molecular formula is C13H20O8. The molecule has 8 heteroatoms. The zero-order chi connectivity index (χ0) is 16.8. The van der Waals surface area contributed by atoms with Crippen molar-refractivity contribution < 1.29 is 39.2 Å². The largest absolute Gasteiger partial charge is 0.376 e. The minimum atomic E-state index is -3.10. The lowest BCUT2D eigenvalue weighted by Gasteiger charge is -2.56. The Morgan fingerprint density at radius 3 is 1.67 bits per heavy atom. The average Bonchev–Trinajstić information content (AvgIpc) is 2.39. The Morgan fingerprint density at radius 1 is 0.952 bits per heavy atom. The van der Waals surface area contributed by atoms with Gasteiger partial charge in [-0.05, 0) is 27.7 Å². The summed E-state index contributed by atoms with van der Waals surface area (Å²) >= 11 is 0. The van der Waals surface area contributed by atoms with Crippen LogP contribution in [0.2, 0.25) is 0 Å². The summed E-state index contributed by atoms with van der Waals surface area (Å²) in [4.78, 5) is 35.7. The quantitative estimate of drug-likeness (QED) is 0.562. The number of hydrogen-bond acceptors (Lipinski definition) is 8. The third-order valence-electron chi connectivity index (χ3n) is 4.16. The van der Waals surface area contributed by atoms with Crippen LogP contribution in [-0.2, 0) is 23.9 Å². The fourth-order valence-electron chi connectivity index (χ4n) is 2.86. The van der Waals surface area contributed by atoms with E-state index in [0.29, 0.717) is 0 Å². The molecule has 0 amide bonds. The van der Waals surface area contributed by atoms with Gasteiger partial charge in [0, 0.05) is 7.11 Å². The molecule has 0 aliphatic carbocycles. The predicted molar refractivity (Wildman–Crippen MR) is 68.2 cm³/mol. The molecule has 8 nitrogen and oxygen atoms in total. The monoisotopic (exact) mass is 304 g/mol. The lowest BCUT2D eigenvalue weighted by atomic mass is 9.61. The van der Waals surface area contributed by atoms with Crippen LogP contribution in [0.3, 0.4) is 0 Å². The Bertz CT molecular complexity index is 489. The summed E-state index contributed by atoms with van der Waals surface area (Å²) in [5.74, 6) is -3.27. The second-order valence-electron chi connectivity index (χ2n) is 5.26. The van der Waals surface area contributed by atoms with Gasteiger partial charge in [0.2, 0.25) is 11.2 Å². The summed E-state index contributed by atoms with van der Waals surface area (Å²) in [7, 11) is 1.09. The molecule has 0 saturated carbocycles. The number of carbonyl (C=O) groups excluding carboxylic acids is 3. The maximum Gasteiger partial charge on any atom is 0.213 e. The smallest absolute Gasteiger partial charge is 0.213 e. The van der Waals surface area contributed by atoms with Crippen molar-refractivity contribution in [3.63, 3.8) is 0 Å². The fraction of sp³-hybridized carbons (Fsp3) is 0.769. The summed E-state index contributed by atoms with van der Waals surface area (Å²) < 4.78 is 9.99. The van der Waals surface area contributed by atoms with E-state index in [9.17, 15) is 29.7 Å². The van der Waals surface area contributed by atoms with Crippen LogP contribution in [0.4, 0.5) is 0 Å². The highest BCUT2D eigenvalue weighted by Crippen LogP contribution is 2.46. The van der Waals surface area contributed by atoms with Gasteiger partial charge in [-0.1, -0.05) is 0 Å². The van der Waals surface area contributed by atoms with E-state index in [1.54, 1.807) is 0 Å². The molecule has 1 rings (SSSR count). The molecule has 0 spiro atoms. The zero-order valence-electron chi connectivity index (χ0n) is 12.5. The highest BCUT2D eigenvalue weighted by Gasteiger charge is 2.77. The van der Waals surface area contributed by atoms with Crippen LogP contribution in [0.25, 0.3) is 0 Å². The predicted octanol–water partition coefficient (Wildman–Crippen LogP) is -1.66. The molecule has 1 fully saturated rings. The van der Waals surface area contributed by atoms with Crippen LogP contribution in [0.1, 0.15) is 27.7 Å². The van der Waals surface area contributed by atoms with Crippen molar-refractivity contribution >= 4 is 17.3 Å². The van der Waals surface area contributed by atoms with E-state index in [1.165, 1.54) is 6.92 Å². The molecule has 21 heavy (non-hydrogen) atoms. The highest BCUT2D eigenvalue weighted by atomic mass is 16.7. The number of ketones is 3. The number of hydrogen-bond donors (Lipinski definition) is 3. The van der Waals surface area contributed by atoms with E-state index < -0.39 is 46.5 Å². The van der Waals surface area contributed by atoms with Gasteiger partial charge in [-0.2, -0.15) is 0 Å². The van der Waals surface area contributed by atoms with Gasteiger partial charge in [-0.25, -0.2) is 0 Å². The van der Waals surface area contributed by atoms with Crippen molar-refractivity contribution in [3.8, 4) is 0 Å². The van der Waals surface area contributed by atoms with Gasteiger partial charge in [-0.3, -0.25) is 14.4 Å². The van der Waals surface area contributed by atoms with Gasteiger partial charge in [0.25, 0.3) is 0 Å². The Kier molecular flexibility index (Phi) is 4.44. The molecule has 5 atom stereocenters. The van der Waals surface area contributed by atoms with Crippen LogP contribution in [-0.4, -0.2) is 69.0 Å². The topological polar surface area (TPSA) is 130 Å². The lowest BCUT2D eigenvalue weighted by Crippen LogP contribution is -2.85.